The van der Waals surface area contributed by atoms with Gasteiger partial charge in [0.15, 0.2) is 0 Å². The number of sulfonamides is 1. The van der Waals surface area contributed by atoms with Gasteiger partial charge in [0, 0.05) is 12.6 Å². The molecule has 2 aromatic carbocycles. The molecule has 1 fully saturated rings. The van der Waals surface area contributed by atoms with E-state index in [-0.39, 0.29) is 24.2 Å². The Morgan fingerprint density at radius 1 is 1.09 bits per heavy atom. The molecule has 0 aromatic heterocycles. The van der Waals surface area contributed by atoms with E-state index in [9.17, 15) is 22.4 Å². The van der Waals surface area contributed by atoms with Crippen molar-refractivity contribution in [1.29, 1.82) is 0 Å². The maximum Gasteiger partial charge on any atom is 0.244 e. The second-order valence-electron chi connectivity index (χ2n) is 9.22. The van der Waals surface area contributed by atoms with Gasteiger partial charge in [0.1, 0.15) is 18.4 Å². The van der Waals surface area contributed by atoms with Crippen LogP contribution in [-0.4, -0.2) is 50.0 Å². The molecule has 35 heavy (non-hydrogen) atoms. The van der Waals surface area contributed by atoms with Crippen LogP contribution in [0.15, 0.2) is 48.5 Å². The molecule has 3 rings (SSSR count). The first-order valence-electron chi connectivity index (χ1n) is 11.9. The number of nitrogens with zero attached hydrogens (tertiary/aromatic N) is 2. The van der Waals surface area contributed by atoms with Gasteiger partial charge in [-0.3, -0.25) is 13.9 Å². The van der Waals surface area contributed by atoms with Crippen molar-refractivity contribution < 1.29 is 22.4 Å². The van der Waals surface area contributed by atoms with E-state index in [0.717, 1.165) is 59.9 Å². The molecule has 0 heterocycles. The third-order valence-corrected chi connectivity index (χ3v) is 7.64. The Morgan fingerprint density at radius 3 is 2.40 bits per heavy atom. The Morgan fingerprint density at radius 2 is 1.77 bits per heavy atom. The number of hydrogen-bond donors (Lipinski definition) is 1. The summed E-state index contributed by atoms with van der Waals surface area (Å²) in [6.45, 7) is 3.17. The molecule has 2 amide bonds. The van der Waals surface area contributed by atoms with Crippen molar-refractivity contribution in [2.45, 2.75) is 64.6 Å². The zero-order valence-corrected chi connectivity index (χ0v) is 21.4. The van der Waals surface area contributed by atoms with Gasteiger partial charge in [-0.2, -0.15) is 0 Å². The summed E-state index contributed by atoms with van der Waals surface area (Å²) in [5.41, 5.74) is 1.86. The quantitative estimate of drug-likeness (QED) is 0.565. The number of amides is 2. The average Bonchev–Trinajstić information content (AvgIpc) is 2.81. The summed E-state index contributed by atoms with van der Waals surface area (Å²) in [5.74, 6) is -1.43. The summed E-state index contributed by atoms with van der Waals surface area (Å²) in [6.07, 6.45) is 6.05. The van der Waals surface area contributed by atoms with Crippen LogP contribution in [0.4, 0.5) is 10.1 Å². The smallest absolute Gasteiger partial charge is 0.244 e. The van der Waals surface area contributed by atoms with Gasteiger partial charge >= 0.3 is 0 Å². The molecular formula is C26H34FN3O4S. The summed E-state index contributed by atoms with van der Waals surface area (Å²) < 4.78 is 39.8. The normalized spacial score (nSPS) is 15.3. The van der Waals surface area contributed by atoms with Gasteiger partial charge < -0.3 is 10.2 Å². The van der Waals surface area contributed by atoms with Crippen LogP contribution in [0.25, 0.3) is 0 Å². The van der Waals surface area contributed by atoms with Gasteiger partial charge in [-0.05, 0) is 56.0 Å². The standard InChI is InChI=1S/C26H34FN3O4S/c1-19-10-7-8-11-21(19)17-29(20(2)26(32)28-23-13-5-4-6-14-23)25(31)18-30(35(3,33)34)24-15-9-12-22(27)16-24/h7-12,15-16,20,23H,4-6,13-14,17-18H2,1-3H3,(H,28,32). The van der Waals surface area contributed by atoms with Crippen molar-refractivity contribution in [1.82, 2.24) is 10.2 Å². The van der Waals surface area contributed by atoms with Crippen LogP contribution in [0.5, 0.6) is 0 Å². The van der Waals surface area contributed by atoms with Crippen molar-refractivity contribution in [2.24, 2.45) is 0 Å². The second kappa shape index (κ2) is 11.7. The van der Waals surface area contributed by atoms with Crippen LogP contribution in [0.3, 0.4) is 0 Å². The van der Waals surface area contributed by atoms with Crippen LogP contribution in [0, 0.1) is 12.7 Å². The Kier molecular flexibility index (Phi) is 8.88. The molecular weight excluding hydrogens is 469 g/mol. The highest BCUT2D eigenvalue weighted by Gasteiger charge is 2.31. The van der Waals surface area contributed by atoms with Crippen molar-refractivity contribution in [3.05, 3.63) is 65.5 Å². The van der Waals surface area contributed by atoms with Crippen molar-refractivity contribution in [3.63, 3.8) is 0 Å². The van der Waals surface area contributed by atoms with Crippen LogP contribution >= 0.6 is 0 Å². The molecule has 0 saturated heterocycles. The fourth-order valence-electron chi connectivity index (χ4n) is 4.37. The minimum atomic E-state index is -3.89. The van der Waals surface area contributed by atoms with E-state index in [2.05, 4.69) is 5.32 Å². The molecule has 1 atom stereocenters. The Bertz CT molecular complexity index is 1150. The molecule has 0 spiro atoms. The highest BCUT2D eigenvalue weighted by molar-refractivity contribution is 7.92. The predicted octanol–water partition coefficient (Wildman–Crippen LogP) is 3.77. The molecule has 0 aliphatic heterocycles. The molecule has 1 aliphatic carbocycles. The fraction of sp³-hybridized carbons (Fsp3) is 0.462. The van der Waals surface area contributed by atoms with E-state index >= 15 is 0 Å². The Labute approximate surface area is 207 Å². The number of benzene rings is 2. The molecule has 1 aliphatic rings. The van der Waals surface area contributed by atoms with E-state index in [1.165, 1.54) is 23.1 Å². The van der Waals surface area contributed by atoms with E-state index in [1.54, 1.807) is 6.92 Å². The molecule has 1 saturated carbocycles. The molecule has 190 valence electrons. The zero-order chi connectivity index (χ0) is 25.6. The number of anilines is 1. The number of carbonyl (C=O) groups is 2. The molecule has 9 heteroatoms. The third kappa shape index (κ3) is 7.27. The molecule has 0 radical (unpaired) electrons. The molecule has 1 N–H and O–H groups in total. The number of nitrogens with one attached hydrogen (secondary N) is 1. The lowest BCUT2D eigenvalue weighted by Gasteiger charge is -2.33. The zero-order valence-electron chi connectivity index (χ0n) is 20.5. The van der Waals surface area contributed by atoms with Crippen LogP contribution in [0.1, 0.15) is 50.2 Å². The Balaban J connectivity index is 1.88. The number of halogens is 1. The summed E-state index contributed by atoms with van der Waals surface area (Å²) in [7, 11) is -3.89. The van der Waals surface area contributed by atoms with E-state index in [1.807, 2.05) is 31.2 Å². The highest BCUT2D eigenvalue weighted by atomic mass is 32.2. The van der Waals surface area contributed by atoms with Crippen molar-refractivity contribution in [2.75, 3.05) is 17.1 Å². The second-order valence-corrected chi connectivity index (χ2v) is 11.1. The molecule has 7 nitrogen and oxygen atoms in total. The third-order valence-electron chi connectivity index (χ3n) is 6.50. The van der Waals surface area contributed by atoms with Crippen molar-refractivity contribution in [3.8, 4) is 0 Å². The monoisotopic (exact) mass is 503 g/mol. The fourth-order valence-corrected chi connectivity index (χ4v) is 5.21. The van der Waals surface area contributed by atoms with E-state index in [4.69, 9.17) is 0 Å². The lowest BCUT2D eigenvalue weighted by molar-refractivity contribution is -0.139. The van der Waals surface area contributed by atoms with Crippen LogP contribution in [-0.2, 0) is 26.2 Å². The first kappa shape index (κ1) is 26.7. The number of carbonyl (C=O) groups excluding carboxylic acids is 2. The minimum absolute atomic E-state index is 0.0519. The van der Waals surface area contributed by atoms with Gasteiger partial charge in [-0.15, -0.1) is 0 Å². The Hall–Kier alpha value is -2.94. The van der Waals surface area contributed by atoms with E-state index < -0.39 is 34.3 Å². The average molecular weight is 504 g/mol. The van der Waals surface area contributed by atoms with E-state index in [0.29, 0.717) is 0 Å². The predicted molar refractivity (Wildman–Crippen MR) is 135 cm³/mol. The summed E-state index contributed by atoms with van der Waals surface area (Å²) >= 11 is 0. The van der Waals surface area contributed by atoms with Gasteiger partial charge in [-0.25, -0.2) is 12.8 Å². The van der Waals surface area contributed by atoms with Gasteiger partial charge in [0.05, 0.1) is 11.9 Å². The van der Waals surface area contributed by atoms with Crippen molar-refractivity contribution >= 4 is 27.5 Å². The van der Waals surface area contributed by atoms with Gasteiger partial charge in [-0.1, -0.05) is 49.6 Å². The number of hydrogen-bond acceptors (Lipinski definition) is 4. The SMILES string of the molecule is Cc1ccccc1CN(C(=O)CN(c1cccc(F)c1)S(C)(=O)=O)C(C)C(=O)NC1CCCCC1. The largest absolute Gasteiger partial charge is 0.352 e. The first-order chi connectivity index (χ1) is 16.6. The maximum atomic E-state index is 13.8. The number of aryl methyl sites for hydroxylation is 1. The molecule has 2 aromatic rings. The summed E-state index contributed by atoms with van der Waals surface area (Å²) in [6, 6.07) is 11.9. The van der Waals surface area contributed by atoms with Gasteiger partial charge in [0.25, 0.3) is 0 Å². The minimum Gasteiger partial charge on any atom is -0.352 e. The molecule has 1 unspecified atom stereocenters. The topological polar surface area (TPSA) is 86.8 Å². The highest BCUT2D eigenvalue weighted by Crippen LogP contribution is 2.21. The molecule has 0 bridgehead atoms. The van der Waals surface area contributed by atoms with Gasteiger partial charge in [0.2, 0.25) is 21.8 Å². The van der Waals surface area contributed by atoms with Crippen LogP contribution < -0.4 is 9.62 Å². The lowest BCUT2D eigenvalue weighted by atomic mass is 9.95. The maximum absolute atomic E-state index is 13.8. The number of rotatable bonds is 9. The van der Waals surface area contributed by atoms with Crippen LogP contribution in [0.2, 0.25) is 0 Å². The first-order valence-corrected chi connectivity index (χ1v) is 13.8. The summed E-state index contributed by atoms with van der Waals surface area (Å²) in [5, 5.41) is 3.06. The lowest BCUT2D eigenvalue weighted by Crippen LogP contribution is -2.53. The summed E-state index contributed by atoms with van der Waals surface area (Å²) in [4.78, 5) is 28.1.